The van der Waals surface area contributed by atoms with Crippen molar-refractivity contribution in [3.05, 3.63) is 30.1 Å². The number of nitrogens with one attached hydrogen (secondary N) is 1. The van der Waals surface area contributed by atoms with E-state index in [9.17, 15) is 8.78 Å². The highest BCUT2D eigenvalue weighted by Crippen LogP contribution is 2.26. The fourth-order valence-corrected chi connectivity index (χ4v) is 2.39. The lowest BCUT2D eigenvalue weighted by atomic mass is 10.2. The van der Waals surface area contributed by atoms with E-state index in [1.807, 2.05) is 7.05 Å². The number of benzene rings is 1. The molecule has 0 saturated carbocycles. The monoisotopic (exact) mass is 310 g/mol. The molecule has 8 heteroatoms. The van der Waals surface area contributed by atoms with Gasteiger partial charge in [-0.1, -0.05) is 11.2 Å². The van der Waals surface area contributed by atoms with Crippen molar-refractivity contribution in [2.24, 2.45) is 0 Å². The first-order valence-electron chi connectivity index (χ1n) is 6.93. The van der Waals surface area contributed by atoms with Crippen LogP contribution in [-0.2, 0) is 0 Å². The summed E-state index contributed by atoms with van der Waals surface area (Å²) in [7, 11) is 2.00. The predicted molar refractivity (Wildman–Crippen MR) is 74.6 cm³/mol. The van der Waals surface area contributed by atoms with Gasteiger partial charge in [0.2, 0.25) is 0 Å². The fraction of sp³-hybridized carbons (Fsp3) is 0.429. The van der Waals surface area contributed by atoms with Gasteiger partial charge in [-0.05, 0) is 25.2 Å². The van der Waals surface area contributed by atoms with Crippen LogP contribution < -0.4 is 10.1 Å². The number of nitrogens with zero attached hydrogens (tertiary/aromatic N) is 3. The van der Waals surface area contributed by atoms with Crippen LogP contribution in [0, 0.1) is 0 Å². The van der Waals surface area contributed by atoms with Crippen LogP contribution >= 0.6 is 0 Å². The van der Waals surface area contributed by atoms with Gasteiger partial charge in [-0.2, -0.15) is 13.8 Å². The number of rotatable bonds is 4. The van der Waals surface area contributed by atoms with Crippen molar-refractivity contribution < 1.29 is 18.0 Å². The van der Waals surface area contributed by atoms with Crippen LogP contribution in [0.2, 0.25) is 0 Å². The molecule has 0 amide bonds. The minimum atomic E-state index is -2.87. The van der Waals surface area contributed by atoms with Gasteiger partial charge in [0.15, 0.2) is 5.82 Å². The van der Waals surface area contributed by atoms with Crippen LogP contribution in [-0.4, -0.2) is 48.3 Å². The summed E-state index contributed by atoms with van der Waals surface area (Å²) in [5.74, 6) is 0.919. The second-order valence-electron chi connectivity index (χ2n) is 5.06. The van der Waals surface area contributed by atoms with E-state index in [4.69, 9.17) is 4.52 Å². The maximum Gasteiger partial charge on any atom is 0.387 e. The van der Waals surface area contributed by atoms with Gasteiger partial charge < -0.3 is 14.6 Å². The van der Waals surface area contributed by atoms with Crippen molar-refractivity contribution in [3.8, 4) is 17.2 Å². The number of hydrogen-bond acceptors (Lipinski definition) is 6. The molecule has 118 valence electrons. The summed E-state index contributed by atoms with van der Waals surface area (Å²) in [6.45, 7) is -0.309. The normalized spacial score (nSPS) is 19.5. The minimum Gasteiger partial charge on any atom is -0.435 e. The first-order chi connectivity index (χ1) is 10.6. The van der Waals surface area contributed by atoms with Gasteiger partial charge in [0, 0.05) is 25.2 Å². The molecule has 0 bridgehead atoms. The number of alkyl halides is 2. The molecule has 1 aliphatic rings. The zero-order chi connectivity index (χ0) is 15.5. The van der Waals surface area contributed by atoms with Crippen molar-refractivity contribution in [1.29, 1.82) is 0 Å². The molecule has 1 saturated heterocycles. The van der Waals surface area contributed by atoms with E-state index in [0.717, 1.165) is 19.6 Å². The van der Waals surface area contributed by atoms with Gasteiger partial charge in [0.1, 0.15) is 5.75 Å². The molecule has 2 aromatic rings. The Morgan fingerprint density at radius 2 is 2.32 bits per heavy atom. The molecule has 1 unspecified atom stereocenters. The molecule has 1 N–H and O–H groups in total. The number of aromatic nitrogens is 2. The van der Waals surface area contributed by atoms with Crippen molar-refractivity contribution in [2.75, 3.05) is 26.7 Å². The number of hydrogen-bond donors (Lipinski definition) is 1. The summed E-state index contributed by atoms with van der Waals surface area (Å²) < 4.78 is 34.1. The molecule has 1 aliphatic heterocycles. The van der Waals surface area contributed by atoms with Crippen LogP contribution in [0.1, 0.15) is 11.9 Å². The number of piperazine rings is 1. The quantitative estimate of drug-likeness (QED) is 0.931. The molecular weight excluding hydrogens is 294 g/mol. The summed E-state index contributed by atoms with van der Waals surface area (Å²) in [5, 5.41) is 7.28. The number of halogens is 2. The van der Waals surface area contributed by atoms with Gasteiger partial charge in [0.25, 0.3) is 5.89 Å². The second kappa shape index (κ2) is 6.37. The highest BCUT2D eigenvalue weighted by Gasteiger charge is 2.25. The highest BCUT2D eigenvalue weighted by molar-refractivity contribution is 5.55. The van der Waals surface area contributed by atoms with E-state index in [0.29, 0.717) is 11.4 Å². The summed E-state index contributed by atoms with van der Waals surface area (Å²) in [4.78, 5) is 6.51. The molecule has 1 aromatic carbocycles. The number of likely N-dealkylation sites (N-methyl/N-ethyl adjacent to an activating group) is 1. The summed E-state index contributed by atoms with van der Waals surface area (Å²) >= 11 is 0. The molecule has 2 heterocycles. The molecule has 0 spiro atoms. The Morgan fingerprint density at radius 1 is 1.45 bits per heavy atom. The Bertz CT molecular complexity index is 635. The van der Waals surface area contributed by atoms with Gasteiger partial charge in [-0.3, -0.25) is 4.90 Å². The third-order valence-electron chi connectivity index (χ3n) is 3.56. The summed E-state index contributed by atoms with van der Waals surface area (Å²) in [6.07, 6.45) is 0. The Kier molecular flexibility index (Phi) is 4.30. The van der Waals surface area contributed by atoms with E-state index in [1.165, 1.54) is 12.1 Å². The first-order valence-corrected chi connectivity index (χ1v) is 6.93. The molecule has 0 radical (unpaired) electrons. The molecule has 0 aliphatic carbocycles. The third kappa shape index (κ3) is 3.23. The Labute approximate surface area is 126 Å². The van der Waals surface area contributed by atoms with Crippen LogP contribution in [0.15, 0.2) is 28.8 Å². The average molecular weight is 310 g/mol. The number of ether oxygens (including phenoxy) is 1. The van der Waals surface area contributed by atoms with Crippen molar-refractivity contribution in [2.45, 2.75) is 12.7 Å². The fourth-order valence-electron chi connectivity index (χ4n) is 2.39. The second-order valence-corrected chi connectivity index (χ2v) is 5.06. The van der Waals surface area contributed by atoms with Crippen LogP contribution in [0.4, 0.5) is 8.78 Å². The van der Waals surface area contributed by atoms with Crippen molar-refractivity contribution in [3.63, 3.8) is 0 Å². The molecule has 1 aromatic heterocycles. The lowest BCUT2D eigenvalue weighted by Crippen LogP contribution is -2.44. The van der Waals surface area contributed by atoms with E-state index in [-0.39, 0.29) is 17.7 Å². The third-order valence-corrected chi connectivity index (χ3v) is 3.56. The largest absolute Gasteiger partial charge is 0.435 e. The smallest absolute Gasteiger partial charge is 0.387 e. The zero-order valence-electron chi connectivity index (χ0n) is 12.0. The van der Waals surface area contributed by atoms with Crippen LogP contribution in [0.25, 0.3) is 11.5 Å². The van der Waals surface area contributed by atoms with Crippen LogP contribution in [0.5, 0.6) is 5.75 Å². The van der Waals surface area contributed by atoms with Gasteiger partial charge in [-0.15, -0.1) is 0 Å². The molecule has 3 rings (SSSR count). The standard InChI is InChI=1S/C14H16F2N4O2/c1-20-6-5-17-8-11(20)12-18-13(22-19-12)9-3-2-4-10(7-9)21-14(15)16/h2-4,7,11,14,17H,5-6,8H2,1H3. The highest BCUT2D eigenvalue weighted by atomic mass is 19.3. The molecule has 1 fully saturated rings. The summed E-state index contributed by atoms with van der Waals surface area (Å²) in [5.41, 5.74) is 0.545. The molecular formula is C14H16F2N4O2. The van der Waals surface area contributed by atoms with Gasteiger partial charge in [-0.25, -0.2) is 0 Å². The first kappa shape index (κ1) is 14.9. The van der Waals surface area contributed by atoms with E-state index in [2.05, 4.69) is 25.1 Å². The maximum atomic E-state index is 12.3. The van der Waals surface area contributed by atoms with Crippen molar-refractivity contribution in [1.82, 2.24) is 20.4 Å². The zero-order valence-corrected chi connectivity index (χ0v) is 12.0. The minimum absolute atomic E-state index is 0.0340. The van der Waals surface area contributed by atoms with Crippen molar-refractivity contribution >= 4 is 0 Å². The Balaban J connectivity index is 1.81. The Hall–Kier alpha value is -2.06. The maximum absolute atomic E-state index is 12.3. The van der Waals surface area contributed by atoms with Gasteiger partial charge in [0.05, 0.1) is 6.04 Å². The van der Waals surface area contributed by atoms with E-state index < -0.39 is 6.61 Å². The van der Waals surface area contributed by atoms with Gasteiger partial charge >= 0.3 is 6.61 Å². The van der Waals surface area contributed by atoms with E-state index in [1.54, 1.807) is 12.1 Å². The molecule has 22 heavy (non-hydrogen) atoms. The topological polar surface area (TPSA) is 63.4 Å². The van der Waals surface area contributed by atoms with Crippen LogP contribution in [0.3, 0.4) is 0 Å². The van der Waals surface area contributed by atoms with E-state index >= 15 is 0 Å². The lowest BCUT2D eigenvalue weighted by Gasteiger charge is -2.30. The molecule has 6 nitrogen and oxygen atoms in total. The SMILES string of the molecule is CN1CCNCC1c1noc(-c2cccc(OC(F)F)c2)n1. The average Bonchev–Trinajstić information content (AvgIpc) is 2.97. The predicted octanol–water partition coefficient (Wildman–Crippen LogP) is 1.91. The Morgan fingerprint density at radius 3 is 3.09 bits per heavy atom. The summed E-state index contributed by atoms with van der Waals surface area (Å²) in [6, 6.07) is 6.24. The molecule has 1 atom stereocenters. The lowest BCUT2D eigenvalue weighted by molar-refractivity contribution is -0.0498.